The molecule has 1 saturated heterocycles. The summed E-state index contributed by atoms with van der Waals surface area (Å²) in [6.07, 6.45) is 2.27. The fourth-order valence-corrected chi connectivity index (χ4v) is 9.30. The van der Waals surface area contributed by atoms with E-state index in [-0.39, 0.29) is 23.4 Å². The molecule has 0 amide bonds. The molecule has 210 valence electrons. The lowest BCUT2D eigenvalue weighted by Crippen LogP contribution is -2.23. The van der Waals surface area contributed by atoms with Gasteiger partial charge in [-0.15, -0.1) is 0 Å². The monoisotopic (exact) mass is 620 g/mol. The van der Waals surface area contributed by atoms with Crippen LogP contribution in [0.1, 0.15) is 18.9 Å². The number of hydrogen-bond donors (Lipinski definition) is 2. The minimum atomic E-state index is -3.62. The van der Waals surface area contributed by atoms with Gasteiger partial charge in [-0.2, -0.15) is 0 Å². The zero-order chi connectivity index (χ0) is 28.1. The van der Waals surface area contributed by atoms with E-state index in [1.165, 1.54) is 18.5 Å². The number of halogens is 2. The number of nitrogens with zero attached hydrogens (tertiary/aromatic N) is 2. The number of nitrogens with one attached hydrogen (secondary N) is 2. The van der Waals surface area contributed by atoms with E-state index < -0.39 is 10.0 Å². The normalized spacial score (nSPS) is 15.2. The number of rotatable bonds is 11. The third-order valence-corrected chi connectivity index (χ3v) is 10.7. The maximum Gasteiger partial charge on any atom is 0.233 e. The van der Waals surface area contributed by atoms with Crippen LogP contribution in [0, 0.1) is 5.82 Å². The van der Waals surface area contributed by atoms with Gasteiger partial charge in [0.1, 0.15) is 36.1 Å². The standard InChI is InChI=1S/C27H26ClFN4O4S3/c1-2-36-26-13-23-21(12-24(26)33-40(34,35)15-20-8-9-38-39-20)27(31-16-30-23)32-19-6-7-25(22(28)11-19)37-14-17-4-3-5-18(29)10-17/h3-7,10-13,16,20,33H,2,8-9,14-15H2,1H3,(H,30,31,32). The van der Waals surface area contributed by atoms with Gasteiger partial charge >= 0.3 is 0 Å². The molecule has 0 saturated carbocycles. The summed E-state index contributed by atoms with van der Waals surface area (Å²) < 4.78 is 53.6. The fraction of sp³-hybridized carbons (Fsp3) is 0.259. The summed E-state index contributed by atoms with van der Waals surface area (Å²) in [4.78, 5) is 8.73. The van der Waals surface area contributed by atoms with Crippen molar-refractivity contribution in [2.75, 3.05) is 28.2 Å². The highest BCUT2D eigenvalue weighted by Crippen LogP contribution is 2.39. The molecule has 1 unspecified atom stereocenters. The second-order valence-electron chi connectivity index (χ2n) is 8.92. The Bertz CT molecular complexity index is 1620. The Labute approximate surface area is 244 Å². The first-order valence-electron chi connectivity index (χ1n) is 12.4. The zero-order valence-electron chi connectivity index (χ0n) is 21.4. The summed E-state index contributed by atoms with van der Waals surface area (Å²) in [6, 6.07) is 14.7. The lowest BCUT2D eigenvalue weighted by Gasteiger charge is -2.17. The Morgan fingerprint density at radius 1 is 1.10 bits per heavy atom. The molecular formula is C27H26ClFN4O4S3. The molecule has 0 spiro atoms. The quantitative estimate of drug-likeness (QED) is 0.171. The van der Waals surface area contributed by atoms with Crippen LogP contribution < -0.4 is 19.5 Å². The molecule has 40 heavy (non-hydrogen) atoms. The molecule has 2 N–H and O–H groups in total. The van der Waals surface area contributed by atoms with Crippen molar-refractivity contribution in [1.29, 1.82) is 0 Å². The molecule has 0 bridgehead atoms. The van der Waals surface area contributed by atoms with Gasteiger partial charge in [0.15, 0.2) is 0 Å². The molecule has 0 aliphatic carbocycles. The fourth-order valence-electron chi connectivity index (χ4n) is 4.10. The van der Waals surface area contributed by atoms with Gasteiger partial charge in [-0.25, -0.2) is 22.8 Å². The molecule has 1 aliphatic rings. The van der Waals surface area contributed by atoms with Gasteiger partial charge in [-0.3, -0.25) is 4.72 Å². The van der Waals surface area contributed by atoms with Crippen molar-refractivity contribution in [2.45, 2.75) is 25.2 Å². The van der Waals surface area contributed by atoms with Crippen molar-refractivity contribution in [1.82, 2.24) is 9.97 Å². The van der Waals surface area contributed by atoms with Crippen LogP contribution in [0.2, 0.25) is 5.02 Å². The summed E-state index contributed by atoms with van der Waals surface area (Å²) in [5, 5.41) is 4.23. The van der Waals surface area contributed by atoms with Crippen LogP contribution in [0.15, 0.2) is 60.9 Å². The molecule has 1 aromatic heterocycles. The van der Waals surface area contributed by atoms with E-state index in [1.807, 2.05) is 6.92 Å². The van der Waals surface area contributed by atoms with Crippen molar-refractivity contribution in [3.8, 4) is 11.5 Å². The SMILES string of the molecule is CCOc1cc2ncnc(Nc3ccc(OCc4cccc(F)c4)c(Cl)c3)c2cc1NS(=O)(=O)CC1CCSS1. The second kappa shape index (κ2) is 12.7. The Balaban J connectivity index is 1.38. The minimum absolute atomic E-state index is 0.0246. The summed E-state index contributed by atoms with van der Waals surface area (Å²) in [7, 11) is -0.316. The number of anilines is 3. The Kier molecular flexibility index (Phi) is 9.09. The average molecular weight is 621 g/mol. The summed E-state index contributed by atoms with van der Waals surface area (Å²) in [5.41, 5.74) is 2.22. The summed E-state index contributed by atoms with van der Waals surface area (Å²) in [5.74, 6) is 1.93. The van der Waals surface area contributed by atoms with Crippen LogP contribution in [-0.4, -0.2) is 41.7 Å². The molecule has 5 rings (SSSR count). The molecular weight excluding hydrogens is 595 g/mol. The van der Waals surface area contributed by atoms with E-state index in [1.54, 1.807) is 64.1 Å². The van der Waals surface area contributed by atoms with Gasteiger partial charge < -0.3 is 14.8 Å². The van der Waals surface area contributed by atoms with Crippen LogP contribution in [0.4, 0.5) is 21.6 Å². The molecule has 3 aromatic carbocycles. The van der Waals surface area contributed by atoms with Crippen molar-refractivity contribution >= 4 is 71.3 Å². The predicted octanol–water partition coefficient (Wildman–Crippen LogP) is 7.04. The summed E-state index contributed by atoms with van der Waals surface area (Å²) in [6.45, 7) is 2.36. The van der Waals surface area contributed by atoms with E-state index >= 15 is 0 Å². The van der Waals surface area contributed by atoms with Crippen LogP contribution in [0.3, 0.4) is 0 Å². The molecule has 2 heterocycles. The van der Waals surface area contributed by atoms with Gasteiger partial charge in [0.25, 0.3) is 0 Å². The highest BCUT2D eigenvalue weighted by molar-refractivity contribution is 8.77. The first-order valence-corrected chi connectivity index (χ1v) is 16.8. The first kappa shape index (κ1) is 28.6. The zero-order valence-corrected chi connectivity index (χ0v) is 24.6. The topological polar surface area (TPSA) is 102 Å². The van der Waals surface area contributed by atoms with Crippen molar-refractivity contribution in [3.63, 3.8) is 0 Å². The molecule has 8 nitrogen and oxygen atoms in total. The van der Waals surface area contributed by atoms with Gasteiger partial charge in [0.05, 0.1) is 28.6 Å². The van der Waals surface area contributed by atoms with Crippen LogP contribution in [0.5, 0.6) is 11.5 Å². The van der Waals surface area contributed by atoms with Crippen LogP contribution in [-0.2, 0) is 16.6 Å². The van der Waals surface area contributed by atoms with Gasteiger partial charge in [0.2, 0.25) is 10.0 Å². The second-order valence-corrected chi connectivity index (χ2v) is 13.9. The Hall–Kier alpha value is -2.93. The van der Waals surface area contributed by atoms with E-state index in [0.29, 0.717) is 56.8 Å². The van der Waals surface area contributed by atoms with Crippen molar-refractivity contribution in [2.24, 2.45) is 0 Å². The predicted molar refractivity (Wildman–Crippen MR) is 162 cm³/mol. The van der Waals surface area contributed by atoms with Gasteiger partial charge in [0, 0.05) is 28.1 Å². The average Bonchev–Trinajstić information content (AvgIpc) is 3.41. The molecule has 0 radical (unpaired) electrons. The molecule has 13 heteroatoms. The highest BCUT2D eigenvalue weighted by atomic mass is 35.5. The van der Waals surface area contributed by atoms with Gasteiger partial charge in [-0.1, -0.05) is 45.3 Å². The van der Waals surface area contributed by atoms with Crippen LogP contribution >= 0.6 is 33.2 Å². The lowest BCUT2D eigenvalue weighted by atomic mass is 10.2. The molecule has 1 atom stereocenters. The van der Waals surface area contributed by atoms with Crippen molar-refractivity contribution in [3.05, 3.63) is 77.3 Å². The third-order valence-electron chi connectivity index (χ3n) is 5.91. The molecule has 1 fully saturated rings. The van der Waals surface area contributed by atoms with E-state index in [9.17, 15) is 12.8 Å². The summed E-state index contributed by atoms with van der Waals surface area (Å²) >= 11 is 6.47. The number of hydrogen-bond acceptors (Lipinski definition) is 9. The molecule has 4 aromatic rings. The first-order chi connectivity index (χ1) is 19.3. The Morgan fingerprint density at radius 2 is 1.98 bits per heavy atom. The number of aromatic nitrogens is 2. The van der Waals surface area contributed by atoms with E-state index in [0.717, 1.165) is 12.2 Å². The lowest BCUT2D eigenvalue weighted by molar-refractivity contribution is 0.306. The number of benzene rings is 3. The number of ether oxygens (including phenoxy) is 2. The number of sulfonamides is 1. The van der Waals surface area contributed by atoms with Gasteiger partial charge in [-0.05, 0) is 55.3 Å². The Morgan fingerprint density at radius 3 is 2.73 bits per heavy atom. The molecule has 1 aliphatic heterocycles. The van der Waals surface area contributed by atoms with E-state index in [2.05, 4.69) is 20.0 Å². The minimum Gasteiger partial charge on any atom is -0.492 e. The maximum atomic E-state index is 13.4. The van der Waals surface area contributed by atoms with E-state index in [4.69, 9.17) is 21.1 Å². The van der Waals surface area contributed by atoms with Crippen molar-refractivity contribution < 1.29 is 22.3 Å². The third kappa shape index (κ3) is 7.22. The highest BCUT2D eigenvalue weighted by Gasteiger charge is 2.25. The number of fused-ring (bicyclic) bond motifs is 1. The largest absolute Gasteiger partial charge is 0.492 e. The van der Waals surface area contributed by atoms with Crippen LogP contribution in [0.25, 0.3) is 10.9 Å². The smallest absolute Gasteiger partial charge is 0.233 e. The maximum absolute atomic E-state index is 13.4.